The summed E-state index contributed by atoms with van der Waals surface area (Å²) in [5.74, 6) is 0.986. The SMILES string of the molecule is COc1ccc(C(=O)[C@H](C)[C@H](N)c2ccco2)cc1. The van der Waals surface area contributed by atoms with E-state index in [2.05, 4.69) is 0 Å². The largest absolute Gasteiger partial charge is 0.497 e. The zero-order chi connectivity index (χ0) is 13.8. The first kappa shape index (κ1) is 13.4. The molecule has 2 rings (SSSR count). The van der Waals surface area contributed by atoms with Gasteiger partial charge in [0.25, 0.3) is 0 Å². The van der Waals surface area contributed by atoms with Gasteiger partial charge in [0.05, 0.1) is 19.4 Å². The Labute approximate surface area is 112 Å². The smallest absolute Gasteiger partial charge is 0.167 e. The summed E-state index contributed by atoms with van der Waals surface area (Å²) in [6.45, 7) is 1.81. The fraction of sp³-hybridized carbons (Fsp3) is 0.267. The average Bonchev–Trinajstić information content (AvgIpc) is 2.99. The van der Waals surface area contributed by atoms with Crippen molar-refractivity contribution in [3.05, 3.63) is 54.0 Å². The zero-order valence-electron chi connectivity index (χ0n) is 11.0. The van der Waals surface area contributed by atoms with Crippen LogP contribution in [0.3, 0.4) is 0 Å². The van der Waals surface area contributed by atoms with E-state index in [0.717, 1.165) is 5.75 Å². The van der Waals surface area contributed by atoms with E-state index in [1.165, 1.54) is 0 Å². The lowest BCUT2D eigenvalue weighted by Gasteiger charge is -2.16. The first-order chi connectivity index (χ1) is 9.13. The molecule has 0 spiro atoms. The number of nitrogens with two attached hydrogens (primary N) is 1. The van der Waals surface area contributed by atoms with E-state index in [-0.39, 0.29) is 11.7 Å². The van der Waals surface area contributed by atoms with Crippen molar-refractivity contribution >= 4 is 5.78 Å². The maximum atomic E-state index is 12.3. The van der Waals surface area contributed by atoms with E-state index in [1.54, 1.807) is 56.7 Å². The van der Waals surface area contributed by atoms with Gasteiger partial charge in [0.1, 0.15) is 11.5 Å². The van der Waals surface area contributed by atoms with Gasteiger partial charge >= 0.3 is 0 Å². The Kier molecular flexibility index (Phi) is 4.02. The molecule has 1 aromatic carbocycles. The van der Waals surface area contributed by atoms with E-state index in [9.17, 15) is 4.79 Å². The number of furan rings is 1. The van der Waals surface area contributed by atoms with Gasteiger partial charge < -0.3 is 14.9 Å². The molecule has 1 heterocycles. The Balaban J connectivity index is 2.14. The predicted octanol–water partition coefficient (Wildman–Crippen LogP) is 2.81. The standard InChI is InChI=1S/C15H17NO3/c1-10(14(16)13-4-3-9-19-13)15(17)11-5-7-12(18-2)8-6-11/h3-10,14H,16H2,1-2H3/t10-,14+/m1/s1. The van der Waals surface area contributed by atoms with Crippen LogP contribution < -0.4 is 10.5 Å². The molecular weight excluding hydrogens is 242 g/mol. The normalized spacial score (nSPS) is 13.8. The molecule has 0 saturated carbocycles. The second-order valence-electron chi connectivity index (χ2n) is 4.42. The number of carbonyl (C=O) groups is 1. The summed E-state index contributed by atoms with van der Waals surface area (Å²) in [5.41, 5.74) is 6.66. The second-order valence-corrected chi connectivity index (χ2v) is 4.42. The van der Waals surface area contributed by atoms with Gasteiger partial charge in [-0.05, 0) is 36.4 Å². The molecule has 0 aliphatic heterocycles. The molecule has 0 unspecified atom stereocenters. The van der Waals surface area contributed by atoms with Gasteiger partial charge in [-0.3, -0.25) is 4.79 Å². The lowest BCUT2D eigenvalue weighted by Crippen LogP contribution is -2.25. The molecule has 0 bridgehead atoms. The van der Waals surface area contributed by atoms with Crippen LogP contribution in [0.1, 0.15) is 29.1 Å². The number of hydrogen-bond acceptors (Lipinski definition) is 4. The molecule has 100 valence electrons. The summed E-state index contributed by atoms with van der Waals surface area (Å²) in [5, 5.41) is 0. The van der Waals surface area contributed by atoms with Crippen LogP contribution in [0, 0.1) is 5.92 Å². The van der Waals surface area contributed by atoms with Gasteiger partial charge in [0, 0.05) is 11.5 Å². The molecule has 0 radical (unpaired) electrons. The molecule has 0 fully saturated rings. The number of Topliss-reactive ketones (excluding diaryl/α,β-unsaturated/α-hetero) is 1. The lowest BCUT2D eigenvalue weighted by atomic mass is 9.91. The van der Waals surface area contributed by atoms with Gasteiger partial charge in [-0.1, -0.05) is 6.92 Å². The Hall–Kier alpha value is -2.07. The third-order valence-corrected chi connectivity index (χ3v) is 3.20. The maximum absolute atomic E-state index is 12.3. The van der Waals surface area contributed by atoms with E-state index >= 15 is 0 Å². The summed E-state index contributed by atoms with van der Waals surface area (Å²) < 4.78 is 10.3. The first-order valence-corrected chi connectivity index (χ1v) is 6.10. The Morgan fingerprint density at radius 2 is 1.95 bits per heavy atom. The quantitative estimate of drug-likeness (QED) is 0.838. The Morgan fingerprint density at radius 1 is 1.26 bits per heavy atom. The number of ether oxygens (including phenoxy) is 1. The number of benzene rings is 1. The number of rotatable bonds is 5. The molecule has 1 aromatic heterocycles. The van der Waals surface area contributed by atoms with Gasteiger partial charge in [-0.25, -0.2) is 0 Å². The van der Waals surface area contributed by atoms with Gasteiger partial charge in [0.2, 0.25) is 0 Å². The van der Waals surface area contributed by atoms with Crippen molar-refractivity contribution in [1.29, 1.82) is 0 Å². The van der Waals surface area contributed by atoms with Gasteiger partial charge in [-0.15, -0.1) is 0 Å². The molecule has 2 atom stereocenters. The predicted molar refractivity (Wildman–Crippen MR) is 72.1 cm³/mol. The topological polar surface area (TPSA) is 65.5 Å². The molecule has 0 amide bonds. The van der Waals surface area contributed by atoms with Crippen molar-refractivity contribution in [3.8, 4) is 5.75 Å². The number of carbonyl (C=O) groups excluding carboxylic acids is 1. The minimum absolute atomic E-state index is 0.00782. The molecule has 4 nitrogen and oxygen atoms in total. The van der Waals surface area contributed by atoms with Crippen molar-refractivity contribution in [2.24, 2.45) is 11.7 Å². The molecule has 0 saturated heterocycles. The highest BCUT2D eigenvalue weighted by Gasteiger charge is 2.25. The van der Waals surface area contributed by atoms with Crippen molar-refractivity contribution in [1.82, 2.24) is 0 Å². The fourth-order valence-corrected chi connectivity index (χ4v) is 1.91. The van der Waals surface area contributed by atoms with Gasteiger partial charge in [0.15, 0.2) is 5.78 Å². The highest BCUT2D eigenvalue weighted by atomic mass is 16.5. The highest BCUT2D eigenvalue weighted by Crippen LogP contribution is 2.24. The Morgan fingerprint density at radius 3 is 2.47 bits per heavy atom. The van der Waals surface area contributed by atoms with Crippen molar-refractivity contribution in [3.63, 3.8) is 0 Å². The minimum atomic E-state index is -0.440. The molecule has 19 heavy (non-hydrogen) atoms. The van der Waals surface area contributed by atoms with Crippen LogP contribution >= 0.6 is 0 Å². The first-order valence-electron chi connectivity index (χ1n) is 6.10. The zero-order valence-corrected chi connectivity index (χ0v) is 11.0. The monoisotopic (exact) mass is 259 g/mol. The molecule has 4 heteroatoms. The number of methoxy groups -OCH3 is 1. The molecule has 0 aliphatic carbocycles. The molecular formula is C15H17NO3. The van der Waals surface area contributed by atoms with Crippen LogP contribution in [-0.2, 0) is 0 Å². The number of ketones is 1. The molecule has 0 aliphatic rings. The summed E-state index contributed by atoms with van der Waals surface area (Å²) >= 11 is 0. The van der Waals surface area contributed by atoms with E-state index < -0.39 is 6.04 Å². The van der Waals surface area contributed by atoms with Crippen molar-refractivity contribution in [2.45, 2.75) is 13.0 Å². The third kappa shape index (κ3) is 2.85. The second kappa shape index (κ2) is 5.71. The van der Waals surface area contributed by atoms with E-state index in [4.69, 9.17) is 14.9 Å². The van der Waals surface area contributed by atoms with Crippen molar-refractivity contribution in [2.75, 3.05) is 7.11 Å². The number of hydrogen-bond donors (Lipinski definition) is 1. The lowest BCUT2D eigenvalue weighted by molar-refractivity contribution is 0.0906. The molecule has 2 aromatic rings. The highest BCUT2D eigenvalue weighted by molar-refractivity contribution is 5.98. The van der Waals surface area contributed by atoms with E-state index in [1.807, 2.05) is 0 Å². The summed E-state index contributed by atoms with van der Waals surface area (Å²) in [7, 11) is 1.59. The third-order valence-electron chi connectivity index (χ3n) is 3.20. The van der Waals surface area contributed by atoms with Crippen LogP contribution in [0.2, 0.25) is 0 Å². The van der Waals surface area contributed by atoms with Crippen LogP contribution in [0.5, 0.6) is 5.75 Å². The summed E-state index contributed by atoms with van der Waals surface area (Å²) in [4.78, 5) is 12.3. The van der Waals surface area contributed by atoms with Crippen molar-refractivity contribution < 1.29 is 13.9 Å². The minimum Gasteiger partial charge on any atom is -0.497 e. The van der Waals surface area contributed by atoms with E-state index in [0.29, 0.717) is 11.3 Å². The Bertz CT molecular complexity index is 531. The van der Waals surface area contributed by atoms with Crippen LogP contribution in [0.4, 0.5) is 0 Å². The molecule has 2 N–H and O–H groups in total. The maximum Gasteiger partial charge on any atom is 0.167 e. The summed E-state index contributed by atoms with van der Waals surface area (Å²) in [6.07, 6.45) is 1.56. The van der Waals surface area contributed by atoms with Crippen LogP contribution in [-0.4, -0.2) is 12.9 Å². The average molecular weight is 259 g/mol. The van der Waals surface area contributed by atoms with Gasteiger partial charge in [-0.2, -0.15) is 0 Å². The van der Waals surface area contributed by atoms with Crippen LogP contribution in [0.25, 0.3) is 0 Å². The summed E-state index contributed by atoms with van der Waals surface area (Å²) in [6, 6.07) is 10.1. The fourth-order valence-electron chi connectivity index (χ4n) is 1.91. The van der Waals surface area contributed by atoms with Crippen LogP contribution in [0.15, 0.2) is 47.1 Å².